The molecule has 4 rings (SSSR count). The van der Waals surface area contributed by atoms with Gasteiger partial charge in [0.1, 0.15) is 0 Å². The summed E-state index contributed by atoms with van der Waals surface area (Å²) in [5.74, 6) is 0. The Hall–Kier alpha value is -1.35. The molecule has 1 aliphatic carbocycles. The van der Waals surface area contributed by atoms with E-state index in [0.29, 0.717) is 0 Å². The number of fused-ring (bicyclic) bond motifs is 1. The summed E-state index contributed by atoms with van der Waals surface area (Å²) in [7, 11) is 0. The fraction of sp³-hybridized carbons (Fsp3) is 0.304. The van der Waals surface area contributed by atoms with Gasteiger partial charge in [-0.2, -0.15) is 0 Å². The Bertz CT molecular complexity index is 907. The average Bonchev–Trinajstić information content (AvgIpc) is 3.12. The molecule has 2 aromatic rings. The van der Waals surface area contributed by atoms with Gasteiger partial charge in [-0.3, -0.25) is 4.90 Å². The Kier molecular flexibility index (Phi) is 5.09. The van der Waals surface area contributed by atoms with Gasteiger partial charge in [-0.25, -0.2) is 0 Å². The summed E-state index contributed by atoms with van der Waals surface area (Å²) >= 11 is 10.2. The second kappa shape index (κ2) is 7.34. The van der Waals surface area contributed by atoms with Crippen molar-refractivity contribution in [3.8, 4) is 0 Å². The van der Waals surface area contributed by atoms with E-state index in [9.17, 15) is 0 Å². The fourth-order valence-corrected chi connectivity index (χ4v) is 4.71. The molecule has 0 spiro atoms. The standard InChI is InChI=1S/C23H23BrClN/c1-15-10-17(12-21-19(15)6-5-7-23(21)25)20-11-16(2)22(24)13-18(20)14-26-8-3-4-9-26/h5-7,10-11,13H,1,3-4,8-9,12,14H2,2H3. The second-order valence-corrected chi connectivity index (χ2v) is 8.64. The maximum atomic E-state index is 6.51. The van der Waals surface area contributed by atoms with Crippen LogP contribution in [0.2, 0.25) is 5.02 Å². The van der Waals surface area contributed by atoms with Crippen molar-refractivity contribution in [1.29, 1.82) is 0 Å². The third kappa shape index (κ3) is 3.43. The van der Waals surface area contributed by atoms with Crippen LogP contribution in [0.3, 0.4) is 0 Å². The number of hydrogen-bond donors (Lipinski definition) is 0. The Morgan fingerprint density at radius 3 is 2.69 bits per heavy atom. The van der Waals surface area contributed by atoms with E-state index >= 15 is 0 Å². The molecule has 1 heterocycles. The van der Waals surface area contributed by atoms with Gasteiger partial charge in [0, 0.05) is 22.5 Å². The van der Waals surface area contributed by atoms with Crippen LogP contribution in [0.5, 0.6) is 0 Å². The fourth-order valence-electron chi connectivity index (χ4n) is 4.08. The third-order valence-electron chi connectivity index (χ3n) is 5.50. The summed E-state index contributed by atoms with van der Waals surface area (Å²) in [6, 6.07) is 10.7. The summed E-state index contributed by atoms with van der Waals surface area (Å²) in [4.78, 5) is 2.56. The molecular weight excluding hydrogens is 406 g/mol. The monoisotopic (exact) mass is 427 g/mol. The van der Waals surface area contributed by atoms with Gasteiger partial charge in [0.25, 0.3) is 0 Å². The topological polar surface area (TPSA) is 3.24 Å². The summed E-state index contributed by atoms with van der Waals surface area (Å²) in [5, 5.41) is 0.837. The highest BCUT2D eigenvalue weighted by molar-refractivity contribution is 9.10. The van der Waals surface area contributed by atoms with Gasteiger partial charge in [0.15, 0.2) is 0 Å². The number of likely N-dealkylation sites (tertiary alicyclic amines) is 1. The average molecular weight is 429 g/mol. The molecule has 2 aromatic carbocycles. The molecule has 3 heteroatoms. The largest absolute Gasteiger partial charge is 0.299 e. The van der Waals surface area contributed by atoms with Crippen molar-refractivity contribution in [3.63, 3.8) is 0 Å². The molecule has 0 amide bonds. The quantitative estimate of drug-likeness (QED) is 0.528. The molecule has 1 saturated heterocycles. The minimum Gasteiger partial charge on any atom is -0.299 e. The summed E-state index contributed by atoms with van der Waals surface area (Å²) in [5.41, 5.74) is 8.74. The van der Waals surface area contributed by atoms with Crippen LogP contribution in [0, 0.1) is 6.92 Å². The first-order chi connectivity index (χ1) is 12.5. The lowest BCUT2D eigenvalue weighted by Gasteiger charge is -2.24. The predicted molar refractivity (Wildman–Crippen MR) is 116 cm³/mol. The SMILES string of the molecule is C=C1C=C(c2cc(C)c(Br)cc2CN2CCCC2)Cc2c(Cl)cccc21. The lowest BCUT2D eigenvalue weighted by Crippen LogP contribution is -2.19. The maximum Gasteiger partial charge on any atom is 0.0447 e. The zero-order valence-electron chi connectivity index (χ0n) is 15.1. The Balaban J connectivity index is 1.76. The highest BCUT2D eigenvalue weighted by Gasteiger charge is 2.21. The van der Waals surface area contributed by atoms with Crippen molar-refractivity contribution in [2.45, 2.75) is 32.7 Å². The summed E-state index contributed by atoms with van der Waals surface area (Å²) < 4.78 is 1.18. The summed E-state index contributed by atoms with van der Waals surface area (Å²) in [6.07, 6.45) is 5.73. The number of rotatable bonds is 3. The molecule has 0 aromatic heterocycles. The molecule has 0 atom stereocenters. The van der Waals surface area contributed by atoms with E-state index < -0.39 is 0 Å². The Morgan fingerprint density at radius 2 is 1.92 bits per heavy atom. The minimum absolute atomic E-state index is 0.837. The number of nitrogens with zero attached hydrogens (tertiary/aromatic N) is 1. The first-order valence-corrected chi connectivity index (χ1v) is 10.4. The zero-order valence-corrected chi connectivity index (χ0v) is 17.5. The number of hydrogen-bond acceptors (Lipinski definition) is 1. The first-order valence-electron chi connectivity index (χ1n) is 9.22. The van der Waals surface area contributed by atoms with E-state index in [0.717, 1.165) is 23.6 Å². The van der Waals surface area contributed by atoms with Crippen LogP contribution in [0.4, 0.5) is 0 Å². The van der Waals surface area contributed by atoms with Gasteiger partial charge < -0.3 is 0 Å². The normalized spacial score (nSPS) is 17.3. The lowest BCUT2D eigenvalue weighted by atomic mass is 9.84. The number of aryl methyl sites for hydroxylation is 1. The van der Waals surface area contributed by atoms with Crippen LogP contribution in [0.15, 0.2) is 47.5 Å². The van der Waals surface area contributed by atoms with Crippen molar-refractivity contribution < 1.29 is 0 Å². The van der Waals surface area contributed by atoms with Gasteiger partial charge in [-0.1, -0.05) is 58.4 Å². The van der Waals surface area contributed by atoms with Crippen LogP contribution in [-0.4, -0.2) is 18.0 Å². The van der Waals surface area contributed by atoms with E-state index in [1.807, 2.05) is 12.1 Å². The number of benzene rings is 2. The van der Waals surface area contributed by atoms with E-state index in [1.54, 1.807) is 0 Å². The van der Waals surface area contributed by atoms with E-state index in [1.165, 1.54) is 63.8 Å². The van der Waals surface area contributed by atoms with Crippen molar-refractivity contribution in [3.05, 3.63) is 80.3 Å². The van der Waals surface area contributed by atoms with Crippen molar-refractivity contribution in [2.24, 2.45) is 0 Å². The van der Waals surface area contributed by atoms with Gasteiger partial charge in [-0.15, -0.1) is 0 Å². The van der Waals surface area contributed by atoms with Crippen molar-refractivity contribution in [1.82, 2.24) is 4.90 Å². The Labute approximate surface area is 169 Å². The minimum atomic E-state index is 0.837. The highest BCUT2D eigenvalue weighted by Crippen LogP contribution is 2.39. The molecule has 2 aliphatic rings. The highest BCUT2D eigenvalue weighted by atomic mass is 79.9. The van der Waals surface area contributed by atoms with Crippen LogP contribution in [0.25, 0.3) is 11.1 Å². The molecule has 1 aliphatic heterocycles. The zero-order chi connectivity index (χ0) is 18.3. The molecular formula is C23H23BrClN. The molecule has 0 bridgehead atoms. The molecule has 0 saturated carbocycles. The molecule has 1 nitrogen and oxygen atoms in total. The molecule has 1 fully saturated rings. The molecule has 26 heavy (non-hydrogen) atoms. The summed E-state index contributed by atoms with van der Waals surface area (Å²) in [6.45, 7) is 9.86. The van der Waals surface area contributed by atoms with Crippen LogP contribution < -0.4 is 0 Å². The first kappa shape index (κ1) is 18.0. The molecule has 0 unspecified atom stereocenters. The Morgan fingerprint density at radius 1 is 1.15 bits per heavy atom. The molecule has 134 valence electrons. The predicted octanol–water partition coefficient (Wildman–Crippen LogP) is 6.66. The van der Waals surface area contributed by atoms with E-state index in [2.05, 4.69) is 58.6 Å². The second-order valence-electron chi connectivity index (χ2n) is 7.38. The van der Waals surface area contributed by atoms with Gasteiger partial charge in [-0.05, 0) is 84.0 Å². The molecule has 0 radical (unpaired) electrons. The van der Waals surface area contributed by atoms with E-state index in [4.69, 9.17) is 11.6 Å². The van der Waals surface area contributed by atoms with Gasteiger partial charge in [0.2, 0.25) is 0 Å². The van der Waals surface area contributed by atoms with Crippen LogP contribution >= 0.6 is 27.5 Å². The van der Waals surface area contributed by atoms with Crippen LogP contribution in [0.1, 0.15) is 40.7 Å². The lowest BCUT2D eigenvalue weighted by molar-refractivity contribution is 0.331. The number of allylic oxidation sites excluding steroid dienone is 3. The van der Waals surface area contributed by atoms with Crippen molar-refractivity contribution >= 4 is 38.7 Å². The maximum absolute atomic E-state index is 6.51. The van der Waals surface area contributed by atoms with Gasteiger partial charge in [0.05, 0.1) is 0 Å². The van der Waals surface area contributed by atoms with E-state index in [-0.39, 0.29) is 0 Å². The van der Waals surface area contributed by atoms with Crippen LogP contribution in [-0.2, 0) is 13.0 Å². The third-order valence-corrected chi connectivity index (χ3v) is 6.71. The molecule has 0 N–H and O–H groups in total. The van der Waals surface area contributed by atoms with Gasteiger partial charge >= 0.3 is 0 Å². The smallest absolute Gasteiger partial charge is 0.0447 e. The van der Waals surface area contributed by atoms with Crippen molar-refractivity contribution in [2.75, 3.05) is 13.1 Å². The number of halogens is 2.